The van der Waals surface area contributed by atoms with Crippen LogP contribution in [0.1, 0.15) is 30.4 Å². The normalized spacial score (nSPS) is 20.1. The number of halogens is 3. The molecular weight excluding hydrogens is 477 g/mol. The lowest BCUT2D eigenvalue weighted by atomic mass is 10.0. The van der Waals surface area contributed by atoms with E-state index in [-0.39, 0.29) is 24.8 Å². The third kappa shape index (κ3) is 4.07. The van der Waals surface area contributed by atoms with Gasteiger partial charge in [0.05, 0.1) is 31.3 Å². The van der Waals surface area contributed by atoms with E-state index in [1.54, 1.807) is 25.3 Å². The van der Waals surface area contributed by atoms with Crippen LogP contribution in [0, 0.1) is 0 Å². The third-order valence-electron chi connectivity index (χ3n) is 6.29. The first-order valence-corrected chi connectivity index (χ1v) is 11.2. The zero-order chi connectivity index (χ0) is 28.1. The molecule has 190 valence electrons. The van der Waals surface area contributed by atoms with E-state index in [1.807, 2.05) is 12.1 Å². The number of ether oxygens (including phenoxy) is 1. The van der Waals surface area contributed by atoms with Crippen LogP contribution < -0.4 is 10.1 Å². The Hall–Kier alpha value is -3.90. The Morgan fingerprint density at radius 2 is 2.22 bits per heavy atom. The van der Waals surface area contributed by atoms with E-state index in [4.69, 9.17) is 8.85 Å². The molecule has 1 aromatic carbocycles. The highest BCUT2D eigenvalue weighted by Crippen LogP contribution is 2.34. The Labute approximate surface area is 208 Å². The van der Waals surface area contributed by atoms with Gasteiger partial charge in [-0.3, -0.25) is 4.79 Å². The van der Waals surface area contributed by atoms with Crippen LogP contribution in [0.4, 0.5) is 19.1 Å². The summed E-state index contributed by atoms with van der Waals surface area (Å²) >= 11 is 0. The van der Waals surface area contributed by atoms with Gasteiger partial charge < -0.3 is 15.0 Å². The number of carbonyl (C=O) groups is 1. The average Bonchev–Trinajstić information content (AvgIpc) is 3.51. The molecule has 0 radical (unpaired) electrons. The molecule has 1 saturated heterocycles. The number of piperidine rings is 1. The molecule has 2 atom stereocenters. The van der Waals surface area contributed by atoms with Gasteiger partial charge in [-0.15, -0.1) is 10.2 Å². The van der Waals surface area contributed by atoms with Crippen LogP contribution in [-0.2, 0) is 4.79 Å². The molecule has 0 spiro atoms. The molecule has 1 amide bonds. The number of methoxy groups -OCH3 is 1. The first-order valence-electron chi connectivity index (χ1n) is 12.7. The molecule has 13 heteroatoms. The Morgan fingerprint density at radius 3 is 2.94 bits per heavy atom. The predicted molar refractivity (Wildman–Crippen MR) is 126 cm³/mol. The molecule has 4 aromatic rings. The number of carbonyl (C=O) groups excluding carboxylic acids is 1. The Balaban J connectivity index is 1.44. The monoisotopic (exact) mass is 505 g/mol. The van der Waals surface area contributed by atoms with Crippen molar-refractivity contribution in [2.24, 2.45) is 0 Å². The van der Waals surface area contributed by atoms with Crippen molar-refractivity contribution in [1.29, 1.82) is 0 Å². The number of fused-ring (bicyclic) bond motifs is 2. The first kappa shape index (κ1) is 20.3. The fourth-order valence-electron chi connectivity index (χ4n) is 4.37. The van der Waals surface area contributed by atoms with Gasteiger partial charge in [-0.25, -0.2) is 22.4 Å². The zero-order valence-corrected chi connectivity index (χ0v) is 19.5. The summed E-state index contributed by atoms with van der Waals surface area (Å²) in [5.74, 6) is -4.75. The molecule has 1 N–H and O–H groups in total. The molecule has 1 aliphatic heterocycles. The molecule has 1 aliphatic rings. The van der Waals surface area contributed by atoms with Gasteiger partial charge in [0, 0.05) is 29.3 Å². The predicted octanol–water partition coefficient (Wildman–Crippen LogP) is 3.35. The van der Waals surface area contributed by atoms with Crippen molar-refractivity contribution in [2.75, 3.05) is 32.2 Å². The number of hydrogen-bond acceptors (Lipinski definition) is 7. The van der Waals surface area contributed by atoms with Crippen molar-refractivity contribution in [3.8, 4) is 17.0 Å². The summed E-state index contributed by atoms with van der Waals surface area (Å²) in [6.45, 7) is -3.10. The Kier molecular flexibility index (Phi) is 5.05. The van der Waals surface area contributed by atoms with Crippen LogP contribution >= 0.6 is 0 Å². The van der Waals surface area contributed by atoms with Gasteiger partial charge >= 0.3 is 0 Å². The number of rotatable bonds is 6. The van der Waals surface area contributed by atoms with Gasteiger partial charge in [-0.1, -0.05) is 11.3 Å². The van der Waals surface area contributed by atoms with Gasteiger partial charge in [0.25, 0.3) is 5.92 Å². The van der Waals surface area contributed by atoms with E-state index in [0.29, 0.717) is 27.0 Å². The van der Waals surface area contributed by atoms with Crippen LogP contribution in [-0.4, -0.2) is 79.2 Å². The maximum atomic E-state index is 14.9. The van der Waals surface area contributed by atoms with Crippen molar-refractivity contribution < 1.29 is 26.8 Å². The second-order valence-corrected chi connectivity index (χ2v) is 8.68. The van der Waals surface area contributed by atoms with E-state index < -0.39 is 44.0 Å². The quantitative estimate of drug-likeness (QED) is 0.429. The summed E-state index contributed by atoms with van der Waals surface area (Å²) in [6.07, 6.45) is 1.41. The van der Waals surface area contributed by atoms with Crippen LogP contribution in [0.15, 0.2) is 30.5 Å². The molecule has 1 fully saturated rings. The Bertz CT molecular complexity index is 1540. The van der Waals surface area contributed by atoms with Crippen molar-refractivity contribution in [3.05, 3.63) is 30.5 Å². The van der Waals surface area contributed by atoms with Crippen LogP contribution in [0.3, 0.4) is 0 Å². The van der Waals surface area contributed by atoms with Gasteiger partial charge in [0.2, 0.25) is 17.7 Å². The largest absolute Gasteiger partial charge is 0.479 e. The van der Waals surface area contributed by atoms with Crippen molar-refractivity contribution >= 4 is 28.4 Å². The number of anilines is 1. The van der Waals surface area contributed by atoms with Crippen LogP contribution in [0.2, 0.25) is 0 Å². The minimum absolute atomic E-state index is 0.120. The van der Waals surface area contributed by atoms with Crippen LogP contribution in [0.5, 0.6) is 5.88 Å². The zero-order valence-electron chi connectivity index (χ0n) is 22.5. The highest BCUT2D eigenvalue weighted by Gasteiger charge is 2.45. The number of amides is 1. The standard InChI is InChI=1S/C23H25F3N8O2/c1-13(11-24)34-18-10-15(4-5-17(18)29-31-34)16-6-9-33-20(16)21(36-3)28-22(30-33)27-19-7-8-32(14(2)35)12-23(19,25)26/h4-6,9-10,13,19H,7-8,11-12H2,1-3H3,(H,27,30)/t13-,19+/m0/s1/i2D3. The average molecular weight is 506 g/mol. The highest BCUT2D eigenvalue weighted by atomic mass is 19.3. The molecule has 4 heterocycles. The lowest BCUT2D eigenvalue weighted by Gasteiger charge is -2.38. The van der Waals surface area contributed by atoms with E-state index in [2.05, 4.69) is 25.7 Å². The van der Waals surface area contributed by atoms with Gasteiger partial charge in [-0.05, 0) is 37.1 Å². The Morgan fingerprint density at radius 1 is 1.39 bits per heavy atom. The lowest BCUT2D eigenvalue weighted by Crippen LogP contribution is -2.55. The number of nitrogens with one attached hydrogen (secondary N) is 1. The second kappa shape index (κ2) is 8.95. The van der Waals surface area contributed by atoms with Gasteiger partial charge in [0.15, 0.2) is 0 Å². The van der Waals surface area contributed by atoms with Crippen molar-refractivity contribution in [2.45, 2.75) is 38.2 Å². The maximum absolute atomic E-state index is 14.9. The second-order valence-electron chi connectivity index (χ2n) is 8.68. The first-order chi connectivity index (χ1) is 18.4. The third-order valence-corrected chi connectivity index (χ3v) is 6.29. The molecule has 3 aromatic heterocycles. The highest BCUT2D eigenvalue weighted by molar-refractivity contribution is 5.89. The summed E-state index contributed by atoms with van der Waals surface area (Å²) < 4.78 is 73.2. The lowest BCUT2D eigenvalue weighted by molar-refractivity contribution is -0.140. The number of alkyl halides is 3. The van der Waals surface area contributed by atoms with E-state index in [0.717, 1.165) is 5.56 Å². The van der Waals surface area contributed by atoms with E-state index in [9.17, 15) is 18.0 Å². The molecule has 10 nitrogen and oxygen atoms in total. The topological polar surface area (TPSA) is 102 Å². The smallest absolute Gasteiger partial charge is 0.285 e. The maximum Gasteiger partial charge on any atom is 0.285 e. The summed E-state index contributed by atoms with van der Waals surface area (Å²) in [4.78, 5) is 16.9. The number of aromatic nitrogens is 6. The molecule has 0 aliphatic carbocycles. The number of benzene rings is 1. The number of likely N-dealkylation sites (tertiary alicyclic amines) is 1. The minimum Gasteiger partial charge on any atom is -0.479 e. The fraction of sp³-hybridized carbons (Fsp3) is 0.435. The number of hydrogen-bond donors (Lipinski definition) is 1. The molecule has 36 heavy (non-hydrogen) atoms. The number of nitrogens with zero attached hydrogens (tertiary/aromatic N) is 7. The summed E-state index contributed by atoms with van der Waals surface area (Å²) in [6, 6.07) is 5.21. The summed E-state index contributed by atoms with van der Waals surface area (Å²) in [5.41, 5.74) is 3.14. The molecule has 5 rings (SSSR count). The van der Waals surface area contributed by atoms with Crippen molar-refractivity contribution in [3.63, 3.8) is 0 Å². The molecular formula is C23H25F3N8O2. The molecule has 0 unspecified atom stereocenters. The fourth-order valence-corrected chi connectivity index (χ4v) is 4.37. The molecule has 0 saturated carbocycles. The van der Waals surface area contributed by atoms with Gasteiger partial charge in [0.1, 0.15) is 17.7 Å². The van der Waals surface area contributed by atoms with E-state index >= 15 is 0 Å². The van der Waals surface area contributed by atoms with E-state index in [1.165, 1.54) is 16.3 Å². The molecule has 0 bridgehead atoms. The van der Waals surface area contributed by atoms with Gasteiger partial charge in [-0.2, -0.15) is 4.98 Å². The summed E-state index contributed by atoms with van der Waals surface area (Å²) in [5, 5.41) is 15.1. The minimum atomic E-state index is -3.43. The van der Waals surface area contributed by atoms with Crippen molar-refractivity contribution in [1.82, 2.24) is 34.5 Å². The van der Waals surface area contributed by atoms with Crippen LogP contribution in [0.25, 0.3) is 27.7 Å². The summed E-state index contributed by atoms with van der Waals surface area (Å²) in [7, 11) is 1.39. The SMILES string of the molecule is [2H]C([2H])([2H])C(=O)N1CC[C@@H](Nc2nc(OC)c3c(-c4ccc5nnn([C@@H](C)CF)c5c4)ccn3n2)C(F)(F)C1.